The standard InChI is InChI=1S/C11H12N2O5/c14-9-5-7(1-2-12-9)10(15)13-3-4-18-6-8(13)11(16)17/h1-2,5,8H,3-4,6H2,(H,12,14)(H,16,17). The van der Waals surface area contributed by atoms with Crippen molar-refractivity contribution >= 4 is 11.9 Å². The topological polar surface area (TPSA) is 99.7 Å². The lowest BCUT2D eigenvalue weighted by molar-refractivity contribution is -0.147. The molecule has 1 aliphatic heterocycles. The van der Waals surface area contributed by atoms with Gasteiger partial charge in [0.05, 0.1) is 13.2 Å². The van der Waals surface area contributed by atoms with Crippen LogP contribution >= 0.6 is 0 Å². The van der Waals surface area contributed by atoms with Crippen molar-refractivity contribution in [1.29, 1.82) is 0 Å². The molecule has 0 bridgehead atoms. The third-order valence-corrected chi connectivity index (χ3v) is 2.70. The average molecular weight is 252 g/mol. The summed E-state index contributed by atoms with van der Waals surface area (Å²) in [7, 11) is 0. The van der Waals surface area contributed by atoms with Crippen LogP contribution in [0.3, 0.4) is 0 Å². The van der Waals surface area contributed by atoms with Crippen molar-refractivity contribution in [2.24, 2.45) is 0 Å². The lowest BCUT2D eigenvalue weighted by atomic mass is 10.1. The zero-order valence-electron chi connectivity index (χ0n) is 9.46. The predicted molar refractivity (Wildman–Crippen MR) is 60.3 cm³/mol. The number of aromatic nitrogens is 1. The SMILES string of the molecule is O=C(O)C1COCCN1C(=O)c1cc[nH]c(=O)c1. The second-order valence-corrected chi connectivity index (χ2v) is 3.87. The van der Waals surface area contributed by atoms with Gasteiger partial charge in [-0.3, -0.25) is 9.59 Å². The molecule has 1 unspecified atom stereocenters. The zero-order chi connectivity index (χ0) is 13.1. The van der Waals surface area contributed by atoms with Gasteiger partial charge in [-0.05, 0) is 6.07 Å². The van der Waals surface area contributed by atoms with Crippen molar-refractivity contribution in [3.63, 3.8) is 0 Å². The highest BCUT2D eigenvalue weighted by Crippen LogP contribution is 2.11. The highest BCUT2D eigenvalue weighted by atomic mass is 16.5. The minimum Gasteiger partial charge on any atom is -0.480 e. The van der Waals surface area contributed by atoms with Crippen LogP contribution in [0.1, 0.15) is 10.4 Å². The van der Waals surface area contributed by atoms with Gasteiger partial charge in [-0.2, -0.15) is 0 Å². The highest BCUT2D eigenvalue weighted by Gasteiger charge is 2.33. The van der Waals surface area contributed by atoms with E-state index in [-0.39, 0.29) is 18.7 Å². The Balaban J connectivity index is 2.26. The minimum absolute atomic E-state index is 0.0374. The Hall–Kier alpha value is -2.15. The molecule has 18 heavy (non-hydrogen) atoms. The molecule has 1 aromatic heterocycles. The summed E-state index contributed by atoms with van der Waals surface area (Å²) < 4.78 is 5.04. The van der Waals surface area contributed by atoms with Crippen molar-refractivity contribution in [3.8, 4) is 0 Å². The molecule has 1 amide bonds. The number of hydrogen-bond donors (Lipinski definition) is 2. The minimum atomic E-state index is -1.12. The van der Waals surface area contributed by atoms with Crippen LogP contribution in [0.15, 0.2) is 23.1 Å². The van der Waals surface area contributed by atoms with Gasteiger partial charge < -0.3 is 19.7 Å². The van der Waals surface area contributed by atoms with Crippen LogP contribution in [0.2, 0.25) is 0 Å². The van der Waals surface area contributed by atoms with Crippen LogP contribution in [-0.4, -0.2) is 52.7 Å². The van der Waals surface area contributed by atoms with Gasteiger partial charge >= 0.3 is 5.97 Å². The summed E-state index contributed by atoms with van der Waals surface area (Å²) in [5, 5.41) is 9.02. The Kier molecular flexibility index (Phi) is 3.42. The van der Waals surface area contributed by atoms with Gasteiger partial charge in [0, 0.05) is 24.4 Å². The summed E-state index contributed by atoms with van der Waals surface area (Å²) in [5.74, 6) is -1.59. The first-order chi connectivity index (χ1) is 8.59. The van der Waals surface area contributed by atoms with E-state index in [2.05, 4.69) is 4.98 Å². The number of amides is 1. The van der Waals surface area contributed by atoms with E-state index in [9.17, 15) is 14.4 Å². The number of rotatable bonds is 2. The van der Waals surface area contributed by atoms with E-state index in [0.717, 1.165) is 6.07 Å². The van der Waals surface area contributed by atoms with Gasteiger partial charge in [0.25, 0.3) is 5.91 Å². The van der Waals surface area contributed by atoms with Crippen LogP contribution in [0.25, 0.3) is 0 Å². The number of aromatic amines is 1. The molecule has 1 aromatic rings. The smallest absolute Gasteiger partial charge is 0.328 e. The second-order valence-electron chi connectivity index (χ2n) is 3.87. The van der Waals surface area contributed by atoms with Crippen LogP contribution in [-0.2, 0) is 9.53 Å². The van der Waals surface area contributed by atoms with E-state index in [1.165, 1.54) is 17.2 Å². The lowest BCUT2D eigenvalue weighted by Crippen LogP contribution is -2.52. The van der Waals surface area contributed by atoms with Gasteiger partial charge in [-0.15, -0.1) is 0 Å². The molecule has 0 radical (unpaired) electrons. The Morgan fingerprint density at radius 1 is 1.50 bits per heavy atom. The van der Waals surface area contributed by atoms with Crippen molar-refractivity contribution in [2.45, 2.75) is 6.04 Å². The van der Waals surface area contributed by atoms with Gasteiger partial charge in [-0.25, -0.2) is 4.79 Å². The monoisotopic (exact) mass is 252 g/mol. The number of carbonyl (C=O) groups excluding carboxylic acids is 1. The molecular formula is C11H12N2O5. The summed E-state index contributed by atoms with van der Waals surface area (Å²) in [6.07, 6.45) is 1.35. The van der Waals surface area contributed by atoms with E-state index in [4.69, 9.17) is 9.84 Å². The van der Waals surface area contributed by atoms with E-state index in [1.807, 2.05) is 0 Å². The zero-order valence-corrected chi connectivity index (χ0v) is 9.46. The second kappa shape index (κ2) is 5.01. The summed E-state index contributed by atoms with van der Waals surface area (Å²) in [6, 6.07) is 1.58. The number of carbonyl (C=O) groups is 2. The number of carboxylic acids is 1. The fraction of sp³-hybridized carbons (Fsp3) is 0.364. The Morgan fingerprint density at radius 2 is 2.28 bits per heavy atom. The van der Waals surface area contributed by atoms with Gasteiger partial charge in [0.2, 0.25) is 5.56 Å². The maximum atomic E-state index is 12.1. The quantitative estimate of drug-likeness (QED) is 0.725. The Labute approximate surface area is 102 Å². The van der Waals surface area contributed by atoms with E-state index in [1.54, 1.807) is 0 Å². The highest BCUT2D eigenvalue weighted by molar-refractivity contribution is 5.96. The molecule has 96 valence electrons. The van der Waals surface area contributed by atoms with Gasteiger partial charge in [0.1, 0.15) is 0 Å². The summed E-state index contributed by atoms with van der Waals surface area (Å²) >= 11 is 0. The number of pyridine rings is 1. The number of aliphatic carboxylic acids is 1. The predicted octanol–water partition coefficient (Wildman–Crippen LogP) is -0.700. The molecule has 7 heteroatoms. The van der Waals surface area contributed by atoms with Crippen molar-refractivity contribution in [3.05, 3.63) is 34.2 Å². The number of carboxylic acid groups (broad SMARTS) is 1. The number of ether oxygens (including phenoxy) is 1. The van der Waals surface area contributed by atoms with Crippen molar-refractivity contribution in [2.75, 3.05) is 19.8 Å². The maximum Gasteiger partial charge on any atom is 0.328 e. The van der Waals surface area contributed by atoms with E-state index in [0.29, 0.717) is 6.61 Å². The maximum absolute atomic E-state index is 12.1. The molecule has 2 heterocycles. The molecule has 2 N–H and O–H groups in total. The van der Waals surface area contributed by atoms with E-state index < -0.39 is 23.5 Å². The van der Waals surface area contributed by atoms with Crippen LogP contribution in [0.5, 0.6) is 0 Å². The largest absolute Gasteiger partial charge is 0.480 e. The molecule has 0 aromatic carbocycles. The van der Waals surface area contributed by atoms with Crippen LogP contribution in [0.4, 0.5) is 0 Å². The summed E-state index contributed by atoms with van der Waals surface area (Å²) in [4.78, 5) is 37.9. The number of hydrogen-bond acceptors (Lipinski definition) is 4. The summed E-state index contributed by atoms with van der Waals surface area (Å²) in [6.45, 7) is 0.450. The Morgan fingerprint density at radius 3 is 2.94 bits per heavy atom. The van der Waals surface area contributed by atoms with Gasteiger partial charge in [-0.1, -0.05) is 0 Å². The molecule has 7 nitrogen and oxygen atoms in total. The lowest BCUT2D eigenvalue weighted by Gasteiger charge is -2.32. The van der Waals surface area contributed by atoms with E-state index >= 15 is 0 Å². The number of morpholine rings is 1. The molecule has 1 atom stereocenters. The van der Waals surface area contributed by atoms with Crippen molar-refractivity contribution < 1.29 is 19.4 Å². The third-order valence-electron chi connectivity index (χ3n) is 2.70. The fourth-order valence-electron chi connectivity index (χ4n) is 1.79. The molecule has 1 fully saturated rings. The van der Waals surface area contributed by atoms with Crippen LogP contribution in [0, 0.1) is 0 Å². The average Bonchev–Trinajstić information content (AvgIpc) is 2.38. The van der Waals surface area contributed by atoms with Gasteiger partial charge in [0.15, 0.2) is 6.04 Å². The number of H-pyrrole nitrogens is 1. The first kappa shape index (κ1) is 12.3. The van der Waals surface area contributed by atoms with Crippen molar-refractivity contribution in [1.82, 2.24) is 9.88 Å². The molecule has 1 saturated heterocycles. The summed E-state index contributed by atoms with van der Waals surface area (Å²) in [5.41, 5.74) is -0.229. The fourth-order valence-corrected chi connectivity index (χ4v) is 1.79. The van der Waals surface area contributed by atoms with Crippen LogP contribution < -0.4 is 5.56 Å². The third kappa shape index (κ3) is 2.40. The molecule has 1 aliphatic rings. The Bertz CT molecular complexity index is 524. The molecule has 0 aliphatic carbocycles. The first-order valence-electron chi connectivity index (χ1n) is 5.40. The first-order valence-corrected chi connectivity index (χ1v) is 5.40. The number of nitrogens with one attached hydrogen (secondary N) is 1. The molecule has 2 rings (SSSR count). The molecular weight excluding hydrogens is 240 g/mol. The number of nitrogens with zero attached hydrogens (tertiary/aromatic N) is 1. The molecule has 0 spiro atoms. The molecule has 0 saturated carbocycles. The normalized spacial score (nSPS) is 19.6.